The molecule has 6 heteroatoms. The van der Waals surface area contributed by atoms with Crippen LogP contribution in [-0.4, -0.2) is 37.8 Å². The minimum Gasteiger partial charge on any atom is -0.346 e. The molecule has 0 saturated carbocycles. The molecule has 0 N–H and O–H groups in total. The molecule has 20 heavy (non-hydrogen) atoms. The van der Waals surface area contributed by atoms with Crippen molar-refractivity contribution in [2.75, 3.05) is 23.1 Å². The number of fused-ring (bicyclic) bond motifs is 1. The summed E-state index contributed by atoms with van der Waals surface area (Å²) in [6.07, 6.45) is 1.56. The van der Waals surface area contributed by atoms with Gasteiger partial charge in [0.25, 0.3) is 5.78 Å². The SMILES string of the molecule is c1ccc(-c2cc(N3CCSC3)n3ncnc3n2)cc1. The highest BCUT2D eigenvalue weighted by molar-refractivity contribution is 7.99. The van der Waals surface area contributed by atoms with E-state index >= 15 is 0 Å². The number of nitrogens with zero attached hydrogens (tertiary/aromatic N) is 5. The Labute approximate surface area is 120 Å². The van der Waals surface area contributed by atoms with E-state index in [1.165, 1.54) is 0 Å². The fourth-order valence-corrected chi connectivity index (χ4v) is 3.33. The third-order valence-electron chi connectivity index (χ3n) is 3.38. The highest BCUT2D eigenvalue weighted by atomic mass is 32.2. The van der Waals surface area contributed by atoms with Crippen molar-refractivity contribution >= 4 is 23.4 Å². The van der Waals surface area contributed by atoms with Crippen molar-refractivity contribution in [1.82, 2.24) is 19.6 Å². The Morgan fingerprint density at radius 2 is 2.05 bits per heavy atom. The lowest BCUT2D eigenvalue weighted by atomic mass is 10.1. The van der Waals surface area contributed by atoms with Gasteiger partial charge in [0, 0.05) is 23.9 Å². The first-order valence-corrected chi connectivity index (χ1v) is 7.66. The third kappa shape index (κ3) is 1.92. The summed E-state index contributed by atoms with van der Waals surface area (Å²) in [5.41, 5.74) is 2.05. The Morgan fingerprint density at radius 1 is 1.15 bits per heavy atom. The molecule has 5 nitrogen and oxygen atoms in total. The minimum atomic E-state index is 0.651. The predicted octanol–water partition coefficient (Wildman–Crippen LogP) is 2.30. The second-order valence-corrected chi connectivity index (χ2v) is 5.71. The molecule has 0 atom stereocenters. The van der Waals surface area contributed by atoms with E-state index in [9.17, 15) is 0 Å². The van der Waals surface area contributed by atoms with E-state index in [2.05, 4.69) is 38.2 Å². The van der Waals surface area contributed by atoms with Crippen LogP contribution in [0.15, 0.2) is 42.7 Å². The molecule has 100 valence electrons. The Hall–Kier alpha value is -2.08. The molecule has 2 aromatic heterocycles. The summed E-state index contributed by atoms with van der Waals surface area (Å²) in [7, 11) is 0. The third-order valence-corrected chi connectivity index (χ3v) is 4.34. The molecule has 1 saturated heterocycles. The van der Waals surface area contributed by atoms with Crippen LogP contribution in [0.2, 0.25) is 0 Å². The standard InChI is InChI=1S/C14H13N5S/c1-2-4-11(5-3-1)12-8-13(18-6-7-20-10-18)19-14(17-12)15-9-16-19/h1-5,8-9H,6-7,10H2. The highest BCUT2D eigenvalue weighted by Gasteiger charge is 2.18. The van der Waals surface area contributed by atoms with Crippen LogP contribution in [0.4, 0.5) is 5.82 Å². The number of aromatic nitrogens is 4. The molecule has 4 rings (SSSR count). The maximum atomic E-state index is 4.59. The number of hydrogen-bond donors (Lipinski definition) is 0. The molecular formula is C14H13N5S. The van der Waals surface area contributed by atoms with Gasteiger partial charge in [-0.1, -0.05) is 30.3 Å². The van der Waals surface area contributed by atoms with E-state index in [1.54, 1.807) is 6.33 Å². The average molecular weight is 283 g/mol. The number of hydrogen-bond acceptors (Lipinski definition) is 5. The largest absolute Gasteiger partial charge is 0.346 e. The maximum Gasteiger partial charge on any atom is 0.254 e. The zero-order chi connectivity index (χ0) is 13.4. The lowest BCUT2D eigenvalue weighted by molar-refractivity contribution is 0.863. The summed E-state index contributed by atoms with van der Waals surface area (Å²) in [4.78, 5) is 11.2. The van der Waals surface area contributed by atoms with Gasteiger partial charge in [-0.3, -0.25) is 0 Å². The van der Waals surface area contributed by atoms with Gasteiger partial charge in [-0.25, -0.2) is 4.98 Å². The van der Waals surface area contributed by atoms with E-state index in [1.807, 2.05) is 34.5 Å². The summed E-state index contributed by atoms with van der Waals surface area (Å²) in [5, 5.41) is 4.29. The second kappa shape index (κ2) is 4.79. The van der Waals surface area contributed by atoms with E-state index in [-0.39, 0.29) is 0 Å². The topological polar surface area (TPSA) is 46.3 Å². The highest BCUT2D eigenvalue weighted by Crippen LogP contribution is 2.27. The number of rotatable bonds is 2. The van der Waals surface area contributed by atoms with Crippen LogP contribution < -0.4 is 4.90 Å². The van der Waals surface area contributed by atoms with Crippen molar-refractivity contribution in [1.29, 1.82) is 0 Å². The summed E-state index contributed by atoms with van der Waals surface area (Å²) < 4.78 is 1.82. The zero-order valence-corrected chi connectivity index (χ0v) is 11.6. The van der Waals surface area contributed by atoms with E-state index in [4.69, 9.17) is 0 Å². The lowest BCUT2D eigenvalue weighted by Crippen LogP contribution is -2.21. The Kier molecular flexibility index (Phi) is 2.81. The molecule has 0 spiro atoms. The van der Waals surface area contributed by atoms with E-state index < -0.39 is 0 Å². The molecule has 1 aromatic carbocycles. The summed E-state index contributed by atoms with van der Waals surface area (Å²) >= 11 is 1.93. The van der Waals surface area contributed by atoms with Gasteiger partial charge in [0.05, 0.1) is 11.6 Å². The minimum absolute atomic E-state index is 0.651. The van der Waals surface area contributed by atoms with E-state index in [0.29, 0.717) is 5.78 Å². The summed E-state index contributed by atoms with van der Waals surface area (Å²) in [6, 6.07) is 12.3. The average Bonchev–Trinajstić information content (AvgIpc) is 3.18. The molecule has 1 aliphatic rings. The Bertz CT molecular complexity index is 734. The smallest absolute Gasteiger partial charge is 0.254 e. The first-order valence-electron chi connectivity index (χ1n) is 6.51. The first-order chi connectivity index (χ1) is 9.92. The molecule has 0 radical (unpaired) electrons. The quantitative estimate of drug-likeness (QED) is 0.722. The molecule has 0 amide bonds. The van der Waals surface area contributed by atoms with Crippen LogP contribution in [0, 0.1) is 0 Å². The van der Waals surface area contributed by atoms with Crippen molar-refractivity contribution in [3.8, 4) is 11.3 Å². The number of thioether (sulfide) groups is 1. The number of anilines is 1. The van der Waals surface area contributed by atoms with Crippen molar-refractivity contribution in [3.05, 3.63) is 42.7 Å². The van der Waals surface area contributed by atoms with Crippen LogP contribution in [0.25, 0.3) is 17.0 Å². The Balaban J connectivity index is 1.90. The molecule has 0 bridgehead atoms. The van der Waals surface area contributed by atoms with Crippen molar-refractivity contribution in [2.24, 2.45) is 0 Å². The molecule has 3 heterocycles. The summed E-state index contributed by atoms with van der Waals surface area (Å²) in [6.45, 7) is 1.04. The zero-order valence-electron chi connectivity index (χ0n) is 10.8. The van der Waals surface area contributed by atoms with Gasteiger partial charge in [-0.15, -0.1) is 11.8 Å². The molecule has 0 aliphatic carbocycles. The molecule has 1 fully saturated rings. The molecule has 3 aromatic rings. The van der Waals surface area contributed by atoms with Gasteiger partial charge in [-0.05, 0) is 0 Å². The fourth-order valence-electron chi connectivity index (χ4n) is 2.37. The van der Waals surface area contributed by atoms with Gasteiger partial charge in [0.1, 0.15) is 12.1 Å². The van der Waals surface area contributed by atoms with Gasteiger partial charge >= 0.3 is 0 Å². The molecular weight excluding hydrogens is 270 g/mol. The lowest BCUT2D eigenvalue weighted by Gasteiger charge is -2.18. The van der Waals surface area contributed by atoms with Gasteiger partial charge in [0.2, 0.25) is 0 Å². The monoisotopic (exact) mass is 283 g/mol. The van der Waals surface area contributed by atoms with Gasteiger partial charge in [0.15, 0.2) is 0 Å². The predicted molar refractivity (Wildman–Crippen MR) is 80.9 cm³/mol. The molecule has 0 unspecified atom stereocenters. The Morgan fingerprint density at radius 3 is 2.85 bits per heavy atom. The van der Waals surface area contributed by atoms with Gasteiger partial charge < -0.3 is 4.90 Å². The fraction of sp³-hybridized carbons (Fsp3) is 0.214. The van der Waals surface area contributed by atoms with Crippen molar-refractivity contribution in [2.45, 2.75) is 0 Å². The van der Waals surface area contributed by atoms with Gasteiger partial charge in [-0.2, -0.15) is 14.6 Å². The van der Waals surface area contributed by atoms with Crippen molar-refractivity contribution < 1.29 is 0 Å². The summed E-state index contributed by atoms with van der Waals surface area (Å²) in [5.74, 6) is 3.86. The van der Waals surface area contributed by atoms with E-state index in [0.717, 1.165) is 35.2 Å². The van der Waals surface area contributed by atoms with Crippen LogP contribution in [0.5, 0.6) is 0 Å². The van der Waals surface area contributed by atoms with Crippen LogP contribution >= 0.6 is 11.8 Å². The second-order valence-electron chi connectivity index (χ2n) is 4.64. The van der Waals surface area contributed by atoms with Crippen LogP contribution in [0.1, 0.15) is 0 Å². The number of benzene rings is 1. The van der Waals surface area contributed by atoms with Crippen molar-refractivity contribution in [3.63, 3.8) is 0 Å². The maximum absolute atomic E-state index is 4.59. The normalized spacial score (nSPS) is 15.1. The van der Waals surface area contributed by atoms with Crippen LogP contribution in [0.3, 0.4) is 0 Å². The molecule has 1 aliphatic heterocycles. The van der Waals surface area contributed by atoms with Crippen LogP contribution in [-0.2, 0) is 0 Å². The first kappa shape index (κ1) is 11.7.